The third kappa shape index (κ3) is 3.60. The van der Waals surface area contributed by atoms with E-state index in [1.165, 1.54) is 0 Å². The van der Waals surface area contributed by atoms with Crippen LogP contribution in [0.2, 0.25) is 5.02 Å². The molecule has 0 bridgehead atoms. The van der Waals surface area contributed by atoms with Crippen LogP contribution in [-0.2, 0) is 6.54 Å². The average Bonchev–Trinajstić information content (AvgIpc) is 2.47. The Kier molecular flexibility index (Phi) is 4.78. The van der Waals surface area contributed by atoms with Gasteiger partial charge in [-0.05, 0) is 51.8 Å². The zero-order valence-corrected chi connectivity index (χ0v) is 12.7. The number of carbonyl (C=O) groups excluding carboxylic acids is 1. The number of nitrogens with one attached hydrogen (secondary N) is 1. The van der Waals surface area contributed by atoms with Gasteiger partial charge in [-0.25, -0.2) is 0 Å². The van der Waals surface area contributed by atoms with Gasteiger partial charge in [0.25, 0.3) is 5.91 Å². The quantitative estimate of drug-likeness (QED) is 0.913. The van der Waals surface area contributed by atoms with Crippen LogP contribution in [0.3, 0.4) is 0 Å². The summed E-state index contributed by atoms with van der Waals surface area (Å²) in [6, 6.07) is 14.2. The van der Waals surface area contributed by atoms with E-state index in [9.17, 15) is 4.79 Å². The molecule has 0 aliphatic carbocycles. The molecular weight excluding hydrogens is 340 g/mol. The van der Waals surface area contributed by atoms with Gasteiger partial charge in [-0.15, -0.1) is 0 Å². The topological polar surface area (TPSA) is 52.9 Å². The molecule has 0 radical (unpaired) electrons. The van der Waals surface area contributed by atoms with Crippen LogP contribution in [0.4, 0.5) is 0 Å². The first-order valence-corrected chi connectivity index (χ1v) is 6.99. The van der Waals surface area contributed by atoms with Crippen LogP contribution in [0, 0.1) is 11.3 Å². The fourth-order valence-corrected chi connectivity index (χ4v) is 2.24. The summed E-state index contributed by atoms with van der Waals surface area (Å²) >= 11 is 9.20. The van der Waals surface area contributed by atoms with Crippen molar-refractivity contribution in [2.75, 3.05) is 0 Å². The smallest absolute Gasteiger partial charge is 0.252 e. The van der Waals surface area contributed by atoms with Gasteiger partial charge in [0, 0.05) is 16.0 Å². The number of rotatable bonds is 3. The second-order valence-electron chi connectivity index (χ2n) is 4.12. The van der Waals surface area contributed by atoms with Crippen molar-refractivity contribution < 1.29 is 4.79 Å². The molecule has 0 heterocycles. The number of carbonyl (C=O) groups is 1. The van der Waals surface area contributed by atoms with E-state index in [-0.39, 0.29) is 5.91 Å². The van der Waals surface area contributed by atoms with Crippen LogP contribution in [0.25, 0.3) is 0 Å². The van der Waals surface area contributed by atoms with Crippen molar-refractivity contribution in [2.24, 2.45) is 0 Å². The van der Waals surface area contributed by atoms with E-state index in [2.05, 4.69) is 27.3 Å². The van der Waals surface area contributed by atoms with E-state index in [1.54, 1.807) is 30.3 Å². The van der Waals surface area contributed by atoms with Crippen LogP contribution in [0.1, 0.15) is 21.5 Å². The summed E-state index contributed by atoms with van der Waals surface area (Å²) in [5, 5.41) is 12.0. The molecule has 0 saturated heterocycles. The van der Waals surface area contributed by atoms with E-state index in [1.807, 2.05) is 12.1 Å². The molecule has 0 aromatic heterocycles. The van der Waals surface area contributed by atoms with E-state index in [0.29, 0.717) is 27.2 Å². The first kappa shape index (κ1) is 14.6. The van der Waals surface area contributed by atoms with E-state index < -0.39 is 0 Å². The van der Waals surface area contributed by atoms with E-state index in [0.717, 1.165) is 5.56 Å². The molecule has 0 spiro atoms. The number of nitriles is 1. The minimum atomic E-state index is -0.205. The van der Waals surface area contributed by atoms with Crippen molar-refractivity contribution in [1.82, 2.24) is 5.32 Å². The van der Waals surface area contributed by atoms with Gasteiger partial charge in [0.2, 0.25) is 0 Å². The Bertz CT molecular complexity index is 677. The molecule has 100 valence electrons. The van der Waals surface area contributed by atoms with Gasteiger partial charge in [0.15, 0.2) is 0 Å². The molecular formula is C15H10BrClN2O. The van der Waals surface area contributed by atoms with E-state index >= 15 is 0 Å². The number of halogens is 2. The lowest BCUT2D eigenvalue weighted by molar-refractivity contribution is 0.0950. The predicted octanol–water partition coefficient (Wildman–Crippen LogP) is 3.90. The van der Waals surface area contributed by atoms with Crippen LogP contribution in [-0.4, -0.2) is 5.91 Å². The molecule has 1 N–H and O–H groups in total. The second-order valence-corrected chi connectivity index (χ2v) is 5.41. The first-order chi connectivity index (χ1) is 9.60. The molecule has 2 rings (SSSR count). The maximum Gasteiger partial charge on any atom is 0.252 e. The summed E-state index contributed by atoms with van der Waals surface area (Å²) in [5.74, 6) is -0.205. The predicted molar refractivity (Wildman–Crippen MR) is 81.5 cm³/mol. The molecule has 5 heteroatoms. The molecule has 20 heavy (non-hydrogen) atoms. The van der Waals surface area contributed by atoms with Gasteiger partial charge in [-0.3, -0.25) is 4.79 Å². The SMILES string of the molecule is N#Cc1ccc(CNC(=O)c2cc(Cl)ccc2Br)cc1. The first-order valence-electron chi connectivity index (χ1n) is 5.82. The van der Waals surface area contributed by atoms with Crippen molar-refractivity contribution in [3.8, 4) is 6.07 Å². The fraction of sp³-hybridized carbons (Fsp3) is 0.0667. The highest BCUT2D eigenvalue weighted by molar-refractivity contribution is 9.10. The average molecular weight is 350 g/mol. The molecule has 2 aromatic carbocycles. The lowest BCUT2D eigenvalue weighted by Gasteiger charge is -2.07. The van der Waals surface area contributed by atoms with Gasteiger partial charge >= 0.3 is 0 Å². The maximum absolute atomic E-state index is 12.1. The number of benzene rings is 2. The summed E-state index contributed by atoms with van der Waals surface area (Å²) in [7, 11) is 0. The van der Waals surface area contributed by atoms with Crippen molar-refractivity contribution in [2.45, 2.75) is 6.54 Å². The highest BCUT2D eigenvalue weighted by Gasteiger charge is 2.10. The van der Waals surface area contributed by atoms with Crippen LogP contribution >= 0.6 is 27.5 Å². The molecule has 0 aliphatic rings. The van der Waals surface area contributed by atoms with Crippen molar-refractivity contribution in [1.29, 1.82) is 5.26 Å². The molecule has 1 amide bonds. The zero-order chi connectivity index (χ0) is 14.5. The van der Waals surface area contributed by atoms with Gasteiger partial charge in [0.05, 0.1) is 17.2 Å². The van der Waals surface area contributed by atoms with E-state index in [4.69, 9.17) is 16.9 Å². The van der Waals surface area contributed by atoms with Gasteiger partial charge in [-0.2, -0.15) is 5.26 Å². The Morgan fingerprint density at radius 2 is 1.95 bits per heavy atom. The maximum atomic E-state index is 12.1. The van der Waals surface area contributed by atoms with Crippen molar-refractivity contribution >= 4 is 33.4 Å². The number of nitrogens with zero attached hydrogens (tertiary/aromatic N) is 1. The molecule has 0 unspecified atom stereocenters. The molecule has 3 nitrogen and oxygen atoms in total. The molecule has 0 fully saturated rings. The summed E-state index contributed by atoms with van der Waals surface area (Å²) in [6.45, 7) is 0.392. The number of amides is 1. The number of hydrogen-bond acceptors (Lipinski definition) is 2. The van der Waals surface area contributed by atoms with Crippen molar-refractivity contribution in [3.63, 3.8) is 0 Å². The fourth-order valence-electron chi connectivity index (χ4n) is 1.65. The summed E-state index contributed by atoms with van der Waals surface area (Å²) < 4.78 is 0.694. The summed E-state index contributed by atoms with van der Waals surface area (Å²) in [6.07, 6.45) is 0. The second kappa shape index (κ2) is 6.56. The standard InChI is InChI=1S/C15H10BrClN2O/c16-14-6-5-12(17)7-13(14)15(20)19-9-11-3-1-10(8-18)2-4-11/h1-7H,9H2,(H,19,20). The van der Waals surface area contributed by atoms with Crippen LogP contribution < -0.4 is 5.32 Å². The Morgan fingerprint density at radius 1 is 1.25 bits per heavy atom. The largest absolute Gasteiger partial charge is 0.348 e. The number of hydrogen-bond donors (Lipinski definition) is 1. The molecule has 0 saturated carbocycles. The monoisotopic (exact) mass is 348 g/mol. The summed E-state index contributed by atoms with van der Waals surface area (Å²) in [5.41, 5.74) is 2.01. The van der Waals surface area contributed by atoms with Crippen LogP contribution in [0.15, 0.2) is 46.9 Å². The summed E-state index contributed by atoms with van der Waals surface area (Å²) in [4.78, 5) is 12.1. The molecule has 0 atom stereocenters. The normalized spacial score (nSPS) is 9.85. The van der Waals surface area contributed by atoms with Crippen LogP contribution in [0.5, 0.6) is 0 Å². The Balaban J connectivity index is 2.04. The van der Waals surface area contributed by atoms with Crippen molar-refractivity contribution in [3.05, 3.63) is 68.7 Å². The Labute approximate surface area is 130 Å². The molecule has 2 aromatic rings. The minimum absolute atomic E-state index is 0.205. The Morgan fingerprint density at radius 3 is 2.60 bits per heavy atom. The highest BCUT2D eigenvalue weighted by atomic mass is 79.9. The van der Waals surface area contributed by atoms with Gasteiger partial charge in [0.1, 0.15) is 0 Å². The van der Waals surface area contributed by atoms with Gasteiger partial charge < -0.3 is 5.32 Å². The minimum Gasteiger partial charge on any atom is -0.348 e. The Hall–Kier alpha value is -1.83. The highest BCUT2D eigenvalue weighted by Crippen LogP contribution is 2.21. The lowest BCUT2D eigenvalue weighted by Crippen LogP contribution is -2.23. The zero-order valence-electron chi connectivity index (χ0n) is 10.4. The molecule has 0 aliphatic heterocycles. The third-order valence-electron chi connectivity index (χ3n) is 2.71. The lowest BCUT2D eigenvalue weighted by atomic mass is 10.1. The third-order valence-corrected chi connectivity index (χ3v) is 3.64. The van der Waals surface area contributed by atoms with Gasteiger partial charge in [-0.1, -0.05) is 23.7 Å².